The van der Waals surface area contributed by atoms with Crippen LogP contribution in [-0.4, -0.2) is 20.6 Å². The molecule has 0 saturated heterocycles. The van der Waals surface area contributed by atoms with Crippen molar-refractivity contribution < 1.29 is 17.9 Å². The molecule has 0 bridgehead atoms. The zero-order valence-corrected chi connectivity index (χ0v) is 14.8. The maximum Gasteiger partial charge on any atom is 0.323 e. The Morgan fingerprint density at radius 2 is 1.52 bits per heavy atom. The van der Waals surface area contributed by atoms with E-state index in [9.17, 15) is 13.2 Å². The van der Waals surface area contributed by atoms with Crippen molar-refractivity contribution in [3.63, 3.8) is 0 Å². The van der Waals surface area contributed by atoms with Gasteiger partial charge in [0.2, 0.25) is 10.0 Å². The van der Waals surface area contributed by atoms with Gasteiger partial charge < -0.3 is 15.4 Å². The van der Waals surface area contributed by atoms with E-state index in [1.165, 1.54) is 24.3 Å². The van der Waals surface area contributed by atoms with Crippen molar-refractivity contribution in [1.29, 1.82) is 0 Å². The molecule has 0 saturated carbocycles. The van der Waals surface area contributed by atoms with Gasteiger partial charge in [0.25, 0.3) is 0 Å². The van der Waals surface area contributed by atoms with Gasteiger partial charge in [0.15, 0.2) is 0 Å². The number of amides is 2. The summed E-state index contributed by atoms with van der Waals surface area (Å²) in [5, 5.41) is 10.3. The molecule has 1 atom stereocenters. The molecule has 4 N–H and O–H groups in total. The first-order chi connectivity index (χ1) is 11.8. The Morgan fingerprint density at radius 3 is 1.96 bits per heavy atom. The van der Waals surface area contributed by atoms with E-state index in [1.54, 1.807) is 24.3 Å². The molecule has 0 radical (unpaired) electrons. The van der Waals surface area contributed by atoms with E-state index in [0.717, 1.165) is 12.2 Å². The number of urea groups is 1. The van der Waals surface area contributed by atoms with Crippen molar-refractivity contribution in [3.05, 3.63) is 48.5 Å². The molecule has 134 valence electrons. The zero-order valence-electron chi connectivity index (χ0n) is 14.0. The van der Waals surface area contributed by atoms with Gasteiger partial charge in [-0.15, -0.1) is 0 Å². The lowest BCUT2D eigenvalue weighted by Crippen LogP contribution is -2.19. The van der Waals surface area contributed by atoms with Crippen LogP contribution in [0.2, 0.25) is 0 Å². The lowest BCUT2D eigenvalue weighted by molar-refractivity contribution is 0.217. The van der Waals surface area contributed by atoms with Gasteiger partial charge >= 0.3 is 6.03 Å². The summed E-state index contributed by atoms with van der Waals surface area (Å²) in [6.45, 7) is 4.03. The summed E-state index contributed by atoms with van der Waals surface area (Å²) in [7, 11) is -3.75. The maximum absolute atomic E-state index is 12.0. The summed E-state index contributed by atoms with van der Waals surface area (Å²) in [5.41, 5.74) is 1.05. The van der Waals surface area contributed by atoms with Crippen LogP contribution in [0.3, 0.4) is 0 Å². The van der Waals surface area contributed by atoms with Gasteiger partial charge in [0.1, 0.15) is 5.75 Å². The van der Waals surface area contributed by atoms with E-state index in [0.29, 0.717) is 11.4 Å². The smallest absolute Gasteiger partial charge is 0.323 e. The van der Waals surface area contributed by atoms with Crippen molar-refractivity contribution in [2.24, 2.45) is 5.14 Å². The molecule has 25 heavy (non-hydrogen) atoms. The van der Waals surface area contributed by atoms with E-state index in [2.05, 4.69) is 10.6 Å². The Morgan fingerprint density at radius 1 is 1.04 bits per heavy atom. The number of anilines is 2. The third-order valence-electron chi connectivity index (χ3n) is 3.47. The van der Waals surface area contributed by atoms with Crippen LogP contribution in [0.4, 0.5) is 16.2 Å². The van der Waals surface area contributed by atoms with Gasteiger partial charge in [0.05, 0.1) is 11.0 Å². The Hall–Kier alpha value is -2.58. The summed E-state index contributed by atoms with van der Waals surface area (Å²) in [6, 6.07) is 12.2. The molecule has 1 unspecified atom stereocenters. The molecule has 2 amide bonds. The van der Waals surface area contributed by atoms with E-state index >= 15 is 0 Å². The molecule has 8 heteroatoms. The molecule has 0 spiro atoms. The van der Waals surface area contributed by atoms with Crippen LogP contribution < -0.4 is 20.5 Å². The zero-order chi connectivity index (χ0) is 18.4. The van der Waals surface area contributed by atoms with Crippen molar-refractivity contribution in [2.45, 2.75) is 31.3 Å². The average Bonchev–Trinajstić information content (AvgIpc) is 2.56. The molecular formula is C17H21N3O4S. The standard InChI is InChI=1S/C17H21N3O4S/c1-3-12(2)24-15-8-4-13(5-9-15)19-17(21)20-14-6-10-16(11-7-14)25(18,22)23/h4-12H,3H2,1-2H3,(H2,18,22,23)(H2,19,20,21). The number of carbonyl (C=O) groups excluding carboxylic acids is 1. The predicted octanol–water partition coefficient (Wildman–Crippen LogP) is 3.16. The van der Waals surface area contributed by atoms with Gasteiger partial charge in [-0.05, 0) is 61.9 Å². The number of carbonyl (C=O) groups is 1. The molecule has 7 nitrogen and oxygen atoms in total. The Balaban J connectivity index is 1.93. The number of rotatable bonds is 6. The highest BCUT2D eigenvalue weighted by atomic mass is 32.2. The van der Waals surface area contributed by atoms with Crippen LogP contribution in [0.15, 0.2) is 53.4 Å². The summed E-state index contributed by atoms with van der Waals surface area (Å²) < 4.78 is 28.0. The monoisotopic (exact) mass is 363 g/mol. The number of hydrogen-bond acceptors (Lipinski definition) is 4. The molecule has 2 aromatic carbocycles. The van der Waals surface area contributed by atoms with E-state index in [1.807, 2.05) is 13.8 Å². The Bertz CT molecular complexity index is 818. The second-order valence-corrected chi connectivity index (χ2v) is 7.07. The third-order valence-corrected chi connectivity index (χ3v) is 4.39. The molecule has 0 aliphatic carbocycles. The molecule has 2 rings (SSSR count). The number of sulfonamides is 1. The third kappa shape index (κ3) is 5.77. The second kappa shape index (κ2) is 8.00. The lowest BCUT2D eigenvalue weighted by Gasteiger charge is -2.13. The number of primary sulfonamides is 1. The number of hydrogen-bond donors (Lipinski definition) is 3. The number of nitrogens with two attached hydrogens (primary N) is 1. The van der Waals surface area contributed by atoms with Crippen molar-refractivity contribution in [1.82, 2.24) is 0 Å². The van der Waals surface area contributed by atoms with Crippen LogP contribution >= 0.6 is 0 Å². The van der Waals surface area contributed by atoms with Gasteiger partial charge in [-0.1, -0.05) is 6.92 Å². The second-order valence-electron chi connectivity index (χ2n) is 5.51. The van der Waals surface area contributed by atoms with Crippen molar-refractivity contribution in [2.75, 3.05) is 10.6 Å². The van der Waals surface area contributed by atoms with Crippen LogP contribution in [0.5, 0.6) is 5.75 Å². The largest absolute Gasteiger partial charge is 0.491 e. The fraction of sp³-hybridized carbons (Fsp3) is 0.235. The fourth-order valence-electron chi connectivity index (χ4n) is 1.95. The molecule has 0 heterocycles. The predicted molar refractivity (Wildman–Crippen MR) is 97.3 cm³/mol. The highest BCUT2D eigenvalue weighted by Crippen LogP contribution is 2.18. The van der Waals surface area contributed by atoms with E-state index in [-0.39, 0.29) is 11.0 Å². The first-order valence-corrected chi connectivity index (χ1v) is 9.30. The molecule has 0 aliphatic heterocycles. The SMILES string of the molecule is CCC(C)Oc1ccc(NC(=O)Nc2ccc(S(N)(=O)=O)cc2)cc1. The topological polar surface area (TPSA) is 111 Å². The molecular weight excluding hydrogens is 342 g/mol. The number of ether oxygens (including phenoxy) is 1. The normalized spacial score (nSPS) is 12.3. The van der Waals surface area contributed by atoms with Gasteiger partial charge in [0, 0.05) is 11.4 Å². The number of nitrogens with one attached hydrogen (secondary N) is 2. The molecule has 0 aliphatic rings. The Labute approximate surface area is 147 Å². The summed E-state index contributed by atoms with van der Waals surface area (Å²) in [4.78, 5) is 12.0. The summed E-state index contributed by atoms with van der Waals surface area (Å²) in [5.74, 6) is 0.735. The first-order valence-electron chi connectivity index (χ1n) is 7.75. The average molecular weight is 363 g/mol. The van der Waals surface area contributed by atoms with Crippen LogP contribution in [0, 0.1) is 0 Å². The van der Waals surface area contributed by atoms with E-state index in [4.69, 9.17) is 9.88 Å². The van der Waals surface area contributed by atoms with Crippen molar-refractivity contribution in [3.8, 4) is 5.75 Å². The Kier molecular flexibility index (Phi) is 6.00. The quantitative estimate of drug-likeness (QED) is 0.732. The fourth-order valence-corrected chi connectivity index (χ4v) is 2.47. The molecule has 0 fully saturated rings. The van der Waals surface area contributed by atoms with Crippen LogP contribution in [0.25, 0.3) is 0 Å². The maximum atomic E-state index is 12.0. The van der Waals surface area contributed by atoms with E-state index < -0.39 is 16.1 Å². The molecule has 0 aromatic heterocycles. The van der Waals surface area contributed by atoms with Gasteiger partial charge in [-0.25, -0.2) is 18.4 Å². The summed E-state index contributed by atoms with van der Waals surface area (Å²) >= 11 is 0. The van der Waals surface area contributed by atoms with Crippen molar-refractivity contribution >= 4 is 27.4 Å². The lowest BCUT2D eigenvalue weighted by atomic mass is 10.3. The highest BCUT2D eigenvalue weighted by molar-refractivity contribution is 7.89. The van der Waals surface area contributed by atoms with Crippen LogP contribution in [-0.2, 0) is 10.0 Å². The first kappa shape index (κ1) is 18.8. The highest BCUT2D eigenvalue weighted by Gasteiger charge is 2.08. The number of benzene rings is 2. The van der Waals surface area contributed by atoms with Gasteiger partial charge in [-0.3, -0.25) is 0 Å². The summed E-state index contributed by atoms with van der Waals surface area (Å²) in [6.07, 6.45) is 1.04. The minimum atomic E-state index is -3.75. The van der Waals surface area contributed by atoms with Gasteiger partial charge in [-0.2, -0.15) is 0 Å². The minimum absolute atomic E-state index is 0.0182. The van der Waals surface area contributed by atoms with Crippen LogP contribution in [0.1, 0.15) is 20.3 Å². The minimum Gasteiger partial charge on any atom is -0.491 e. The molecule has 2 aromatic rings.